The second-order valence-corrected chi connectivity index (χ2v) is 10.7. The molecule has 0 radical (unpaired) electrons. The Morgan fingerprint density at radius 3 is 1.13 bits per heavy atom. The largest absolute Gasteiger partial charge is 0.506 e. The number of hydrogen-bond donors (Lipinski definition) is 2. The molecule has 0 saturated heterocycles. The highest BCUT2D eigenvalue weighted by atomic mass is 79.9. The molecule has 0 bridgehead atoms. The van der Waals surface area contributed by atoms with E-state index in [0.29, 0.717) is 17.9 Å². The van der Waals surface area contributed by atoms with Crippen LogP contribution in [-0.4, -0.2) is 10.2 Å². The number of phenolic OH excluding ortho intramolecular Hbond substituents is 2. The van der Waals surface area contributed by atoms with Gasteiger partial charge in [0.1, 0.15) is 11.5 Å². The Kier molecular flexibility index (Phi) is 7.88. The highest BCUT2D eigenvalue weighted by Gasteiger charge is 2.08. The molecule has 0 atom stereocenters. The van der Waals surface area contributed by atoms with Crippen LogP contribution >= 0.6 is 63.7 Å². The molecule has 3 aromatic carbocycles. The Labute approximate surface area is 209 Å². The molecule has 3 aromatic rings. The molecule has 0 aromatic heterocycles. The molecule has 0 fully saturated rings. The zero-order chi connectivity index (χ0) is 22.0. The van der Waals surface area contributed by atoms with Crippen LogP contribution in [0.1, 0.15) is 25.0 Å². The molecule has 156 valence electrons. The van der Waals surface area contributed by atoms with Gasteiger partial charge >= 0.3 is 0 Å². The molecule has 30 heavy (non-hydrogen) atoms. The quantitative estimate of drug-likeness (QED) is 0.318. The third kappa shape index (κ3) is 5.58. The predicted molar refractivity (Wildman–Crippen MR) is 138 cm³/mol. The molecule has 0 aliphatic rings. The fourth-order valence-corrected chi connectivity index (χ4v) is 5.86. The van der Waals surface area contributed by atoms with E-state index < -0.39 is 0 Å². The summed E-state index contributed by atoms with van der Waals surface area (Å²) in [5.41, 5.74) is 4.77. The van der Waals surface area contributed by atoms with Crippen molar-refractivity contribution in [2.75, 3.05) is 0 Å². The number of hydrogen-bond acceptors (Lipinski definition) is 2. The van der Waals surface area contributed by atoms with Gasteiger partial charge in [0.2, 0.25) is 0 Å². The van der Waals surface area contributed by atoms with Crippen molar-refractivity contribution in [1.82, 2.24) is 0 Å². The zero-order valence-corrected chi connectivity index (χ0v) is 22.8. The Morgan fingerprint density at radius 2 is 0.867 bits per heavy atom. The van der Waals surface area contributed by atoms with Gasteiger partial charge < -0.3 is 10.2 Å². The van der Waals surface area contributed by atoms with Crippen molar-refractivity contribution in [1.29, 1.82) is 0 Å². The van der Waals surface area contributed by atoms with Gasteiger partial charge in [0, 0.05) is 0 Å². The fourth-order valence-electron chi connectivity index (χ4n) is 3.30. The van der Waals surface area contributed by atoms with Crippen molar-refractivity contribution < 1.29 is 10.2 Å². The van der Waals surface area contributed by atoms with E-state index in [1.807, 2.05) is 24.3 Å². The molecule has 0 saturated carbocycles. The van der Waals surface area contributed by atoms with E-state index in [2.05, 4.69) is 102 Å². The number of benzene rings is 3. The summed E-state index contributed by atoms with van der Waals surface area (Å²) >= 11 is 13.6. The monoisotopic (exact) mass is 656 g/mol. The van der Waals surface area contributed by atoms with Gasteiger partial charge in [-0.05, 0) is 136 Å². The molecule has 3 rings (SSSR count). The molecule has 0 amide bonds. The maximum absolute atomic E-state index is 9.89. The second kappa shape index (κ2) is 10.0. The van der Waals surface area contributed by atoms with Crippen molar-refractivity contribution >= 4 is 74.9 Å². The van der Waals surface area contributed by atoms with E-state index in [9.17, 15) is 10.2 Å². The van der Waals surface area contributed by atoms with Crippen LogP contribution in [0, 0.1) is 0 Å². The topological polar surface area (TPSA) is 40.5 Å². The van der Waals surface area contributed by atoms with Crippen LogP contribution in [0.15, 0.2) is 66.4 Å². The highest BCUT2D eigenvalue weighted by Crippen LogP contribution is 2.34. The molecule has 0 aliphatic carbocycles. The number of halogens is 4. The summed E-state index contributed by atoms with van der Waals surface area (Å²) in [5, 5.41) is 22.2. The third-order valence-electron chi connectivity index (χ3n) is 4.96. The van der Waals surface area contributed by atoms with Gasteiger partial charge in [-0.25, -0.2) is 0 Å². The zero-order valence-electron chi connectivity index (χ0n) is 16.4. The first-order valence-corrected chi connectivity index (χ1v) is 12.4. The van der Waals surface area contributed by atoms with Crippen LogP contribution in [0.25, 0.3) is 11.1 Å². The number of phenols is 2. The summed E-state index contributed by atoms with van der Waals surface area (Å²) in [6.45, 7) is 4.26. The molecule has 0 unspecified atom stereocenters. The summed E-state index contributed by atoms with van der Waals surface area (Å²) in [7, 11) is 0. The van der Waals surface area contributed by atoms with Crippen LogP contribution in [0.2, 0.25) is 0 Å². The normalized spacial score (nSPS) is 10.9. The van der Waals surface area contributed by atoms with Gasteiger partial charge in [-0.2, -0.15) is 0 Å². The Balaban J connectivity index is 1.87. The smallest absolute Gasteiger partial charge is 0.143 e. The second-order valence-electron chi connectivity index (χ2n) is 7.31. The van der Waals surface area contributed by atoms with Gasteiger partial charge in [0.15, 0.2) is 0 Å². The minimum Gasteiger partial charge on any atom is -0.506 e. The summed E-state index contributed by atoms with van der Waals surface area (Å²) < 4.78 is 2.75. The van der Waals surface area contributed by atoms with Crippen LogP contribution in [-0.2, 0) is 12.8 Å². The summed E-state index contributed by atoms with van der Waals surface area (Å²) in [5.74, 6) is 0.443. The molecule has 0 spiro atoms. The van der Waals surface area contributed by atoms with E-state index in [-0.39, 0.29) is 11.5 Å². The minimum atomic E-state index is 0.222. The lowest BCUT2D eigenvalue weighted by molar-refractivity contribution is 0.467. The first kappa shape index (κ1) is 23.6. The van der Waals surface area contributed by atoms with Crippen molar-refractivity contribution in [3.63, 3.8) is 0 Å². The van der Waals surface area contributed by atoms with Crippen LogP contribution < -0.4 is 10.4 Å². The average Bonchev–Trinajstić information content (AvgIpc) is 2.70. The van der Waals surface area contributed by atoms with Gasteiger partial charge in [-0.3, -0.25) is 0 Å². The molecule has 0 heterocycles. The molecular formula is C24H20Br4O2. The molecule has 6 heteroatoms. The molecule has 2 nitrogen and oxygen atoms in total. The van der Waals surface area contributed by atoms with Crippen LogP contribution in [0.4, 0.5) is 0 Å². The van der Waals surface area contributed by atoms with E-state index in [1.165, 1.54) is 21.6 Å². The summed E-state index contributed by atoms with van der Waals surface area (Å²) in [6, 6.07) is 16.4. The Bertz CT molecular complexity index is 1070. The maximum atomic E-state index is 9.89. The van der Waals surface area contributed by atoms with Gasteiger partial charge in [0.25, 0.3) is 0 Å². The van der Waals surface area contributed by atoms with E-state index in [0.717, 1.165) is 24.0 Å². The molecule has 0 aliphatic heterocycles. The van der Waals surface area contributed by atoms with E-state index in [4.69, 9.17) is 0 Å². The van der Waals surface area contributed by atoms with Crippen LogP contribution in [0.5, 0.6) is 11.5 Å². The lowest BCUT2D eigenvalue weighted by Gasteiger charge is -2.08. The molecule has 2 N–H and O–H groups in total. The van der Waals surface area contributed by atoms with Gasteiger partial charge in [0.05, 0.1) is 17.9 Å². The third-order valence-corrected chi connectivity index (χ3v) is 7.38. The van der Waals surface area contributed by atoms with Crippen molar-refractivity contribution in [2.45, 2.75) is 26.7 Å². The SMILES string of the molecule is CC(Cc1cc(Br)c(O)c(Br)c1)=c1ccc(=C(C)Cc2cc(Br)c(O)c(Br)c2)cc1. The van der Waals surface area contributed by atoms with Crippen molar-refractivity contribution in [3.05, 3.63) is 88.0 Å². The van der Waals surface area contributed by atoms with Crippen molar-refractivity contribution in [3.8, 4) is 11.5 Å². The number of rotatable bonds is 4. The van der Waals surface area contributed by atoms with Gasteiger partial charge in [-0.15, -0.1) is 0 Å². The average molecular weight is 660 g/mol. The minimum absolute atomic E-state index is 0.222. The van der Waals surface area contributed by atoms with Gasteiger partial charge in [-0.1, -0.05) is 35.4 Å². The Hall–Kier alpha value is -1.08. The Morgan fingerprint density at radius 1 is 0.600 bits per heavy atom. The fraction of sp³-hybridized carbons (Fsp3) is 0.167. The van der Waals surface area contributed by atoms with E-state index in [1.54, 1.807) is 0 Å². The lowest BCUT2D eigenvalue weighted by atomic mass is 10.0. The van der Waals surface area contributed by atoms with Crippen LogP contribution in [0.3, 0.4) is 0 Å². The first-order chi connectivity index (χ1) is 14.2. The lowest BCUT2D eigenvalue weighted by Crippen LogP contribution is -2.13. The van der Waals surface area contributed by atoms with E-state index >= 15 is 0 Å². The van der Waals surface area contributed by atoms with Crippen molar-refractivity contribution in [2.24, 2.45) is 0 Å². The standard InChI is InChI=1S/C24H20Br4O2/c1-13(7-15-9-19(25)23(29)20(26)10-15)17-3-5-18(6-4-17)14(2)8-16-11-21(27)24(30)22(28)12-16/h3-6,9-12,29-30H,7-8H2,1-2H3. The highest BCUT2D eigenvalue weighted by molar-refractivity contribution is 9.11. The predicted octanol–water partition coefficient (Wildman–Crippen LogP) is 6.97. The summed E-state index contributed by atoms with van der Waals surface area (Å²) in [6.07, 6.45) is 1.60. The maximum Gasteiger partial charge on any atom is 0.143 e. The first-order valence-electron chi connectivity index (χ1n) is 9.25. The molecular weight excluding hydrogens is 640 g/mol. The summed E-state index contributed by atoms with van der Waals surface area (Å²) in [4.78, 5) is 0. The number of aromatic hydroxyl groups is 2.